The summed E-state index contributed by atoms with van der Waals surface area (Å²) in [5.74, 6) is 0.351. The Balaban J connectivity index is 1.64. The van der Waals surface area contributed by atoms with Crippen molar-refractivity contribution >= 4 is 34.3 Å². The largest absolute Gasteiger partial charge is 0.478 e. The van der Waals surface area contributed by atoms with Crippen molar-refractivity contribution in [3.63, 3.8) is 0 Å². The first-order valence-corrected chi connectivity index (χ1v) is 7.80. The molecule has 3 aromatic rings. The van der Waals surface area contributed by atoms with E-state index in [1.165, 1.54) is 0 Å². The fourth-order valence-electron chi connectivity index (χ4n) is 2.72. The topological polar surface area (TPSA) is 93.5 Å². The number of nitrogens with one attached hydrogen (secondary N) is 2. The molecule has 1 aromatic heterocycles. The molecule has 4 rings (SSSR count). The number of aryl methyl sites for hydroxylation is 1. The van der Waals surface area contributed by atoms with E-state index in [-0.39, 0.29) is 11.8 Å². The summed E-state index contributed by atoms with van der Waals surface area (Å²) >= 11 is 0. The van der Waals surface area contributed by atoms with Crippen molar-refractivity contribution in [3.8, 4) is 5.75 Å². The number of para-hydroxylation sites is 1. The van der Waals surface area contributed by atoms with Gasteiger partial charge in [-0.05, 0) is 31.2 Å². The first-order valence-electron chi connectivity index (χ1n) is 7.80. The molecule has 0 radical (unpaired) electrons. The lowest BCUT2D eigenvalue weighted by Crippen LogP contribution is -2.35. The summed E-state index contributed by atoms with van der Waals surface area (Å²) in [5, 5.41) is 5.54. The molecule has 0 saturated carbocycles. The maximum atomic E-state index is 12.7. The van der Waals surface area contributed by atoms with Crippen LogP contribution in [-0.4, -0.2) is 22.9 Å². The zero-order chi connectivity index (χ0) is 17.6. The van der Waals surface area contributed by atoms with Crippen LogP contribution in [0.4, 0.5) is 11.4 Å². The van der Waals surface area contributed by atoms with Gasteiger partial charge >= 0.3 is 0 Å². The molecule has 0 aliphatic carbocycles. The van der Waals surface area contributed by atoms with Crippen molar-refractivity contribution in [3.05, 3.63) is 47.9 Å². The third-order valence-corrected chi connectivity index (χ3v) is 3.93. The zero-order valence-electron chi connectivity index (χ0n) is 13.6. The van der Waals surface area contributed by atoms with E-state index in [0.29, 0.717) is 34.2 Å². The normalized spacial score (nSPS) is 16.1. The van der Waals surface area contributed by atoms with Gasteiger partial charge in [-0.3, -0.25) is 9.59 Å². The smallest absolute Gasteiger partial charge is 0.265 e. The van der Waals surface area contributed by atoms with E-state index >= 15 is 0 Å². The second kappa shape index (κ2) is 5.62. The summed E-state index contributed by atoms with van der Waals surface area (Å²) in [7, 11) is 0. The Hall–Kier alpha value is -3.35. The van der Waals surface area contributed by atoms with Crippen LogP contribution >= 0.6 is 0 Å². The van der Waals surface area contributed by atoms with Crippen LogP contribution in [0.5, 0.6) is 5.75 Å². The molecular weight excluding hydrogens is 322 g/mol. The van der Waals surface area contributed by atoms with Crippen molar-refractivity contribution in [1.82, 2.24) is 4.98 Å². The van der Waals surface area contributed by atoms with E-state index in [4.69, 9.17) is 9.15 Å². The monoisotopic (exact) mass is 337 g/mol. The molecule has 2 N–H and O–H groups in total. The Bertz CT molecular complexity index is 1010. The van der Waals surface area contributed by atoms with Gasteiger partial charge in [-0.2, -0.15) is 0 Å². The number of ether oxygens (including phenoxy) is 1. The summed E-state index contributed by atoms with van der Waals surface area (Å²) in [5.41, 5.74) is 2.74. The van der Waals surface area contributed by atoms with E-state index < -0.39 is 6.10 Å². The maximum Gasteiger partial charge on any atom is 0.265 e. The van der Waals surface area contributed by atoms with Gasteiger partial charge in [0.25, 0.3) is 11.8 Å². The minimum atomic E-state index is -0.657. The molecule has 2 amide bonds. The number of hydrogen-bond donors (Lipinski definition) is 2. The van der Waals surface area contributed by atoms with Gasteiger partial charge in [0.05, 0.1) is 11.3 Å². The van der Waals surface area contributed by atoms with Crippen LogP contribution in [0.15, 0.2) is 40.8 Å². The van der Waals surface area contributed by atoms with E-state index in [9.17, 15) is 9.59 Å². The summed E-state index contributed by atoms with van der Waals surface area (Å²) in [4.78, 5) is 28.6. The van der Waals surface area contributed by atoms with Gasteiger partial charge < -0.3 is 19.8 Å². The van der Waals surface area contributed by atoms with E-state index in [1.807, 2.05) is 0 Å². The number of anilines is 2. The van der Waals surface area contributed by atoms with Crippen LogP contribution in [0.25, 0.3) is 11.1 Å². The highest BCUT2D eigenvalue weighted by Gasteiger charge is 2.27. The van der Waals surface area contributed by atoms with Crippen molar-refractivity contribution in [1.29, 1.82) is 0 Å². The van der Waals surface area contributed by atoms with Crippen LogP contribution in [0, 0.1) is 6.92 Å². The maximum absolute atomic E-state index is 12.7. The second-order valence-electron chi connectivity index (χ2n) is 5.80. The van der Waals surface area contributed by atoms with Crippen molar-refractivity contribution < 1.29 is 18.7 Å². The summed E-state index contributed by atoms with van der Waals surface area (Å²) < 4.78 is 11.1. The molecule has 2 aromatic carbocycles. The molecule has 0 bridgehead atoms. The Morgan fingerprint density at radius 2 is 2.12 bits per heavy atom. The van der Waals surface area contributed by atoms with Crippen LogP contribution in [0.3, 0.4) is 0 Å². The molecular formula is C18H15N3O4. The lowest BCUT2D eigenvalue weighted by molar-refractivity contribution is -0.122. The number of nitrogens with zero attached hydrogens (tertiary/aromatic N) is 1. The van der Waals surface area contributed by atoms with Crippen LogP contribution in [-0.2, 0) is 4.79 Å². The Morgan fingerprint density at radius 3 is 2.96 bits per heavy atom. The third kappa shape index (κ3) is 2.69. The summed E-state index contributed by atoms with van der Waals surface area (Å²) in [6.45, 7) is 3.40. The molecule has 0 spiro atoms. The van der Waals surface area contributed by atoms with E-state index in [2.05, 4.69) is 15.6 Å². The van der Waals surface area contributed by atoms with Crippen molar-refractivity contribution in [2.45, 2.75) is 20.0 Å². The van der Waals surface area contributed by atoms with Gasteiger partial charge in [0.2, 0.25) is 0 Å². The molecule has 2 heterocycles. The molecule has 1 atom stereocenters. The van der Waals surface area contributed by atoms with E-state index in [0.717, 1.165) is 5.52 Å². The van der Waals surface area contributed by atoms with Gasteiger partial charge in [-0.15, -0.1) is 0 Å². The fraction of sp³-hybridized carbons (Fsp3) is 0.167. The Morgan fingerprint density at radius 1 is 1.28 bits per heavy atom. The quantitative estimate of drug-likeness (QED) is 0.749. The molecule has 1 aliphatic heterocycles. The predicted octanol–water partition coefficient (Wildman–Crippen LogP) is 3.11. The minimum Gasteiger partial charge on any atom is -0.478 e. The van der Waals surface area contributed by atoms with Gasteiger partial charge in [0.1, 0.15) is 5.52 Å². The molecule has 0 fully saturated rings. The molecule has 0 saturated heterocycles. The predicted molar refractivity (Wildman–Crippen MR) is 91.9 cm³/mol. The van der Waals surface area contributed by atoms with Crippen LogP contribution < -0.4 is 15.4 Å². The number of carbonyl (C=O) groups excluding carboxylic acids is 2. The molecule has 7 nitrogen and oxygen atoms in total. The Labute approximate surface area is 143 Å². The van der Waals surface area contributed by atoms with Gasteiger partial charge in [0, 0.05) is 18.7 Å². The van der Waals surface area contributed by atoms with Crippen LogP contribution in [0.2, 0.25) is 0 Å². The highest BCUT2D eigenvalue weighted by atomic mass is 16.5. The first kappa shape index (κ1) is 15.2. The average Bonchev–Trinajstić information content (AvgIpc) is 2.94. The number of carbonyl (C=O) groups is 2. The molecule has 25 heavy (non-hydrogen) atoms. The van der Waals surface area contributed by atoms with Gasteiger partial charge in [0.15, 0.2) is 23.3 Å². The summed E-state index contributed by atoms with van der Waals surface area (Å²) in [6.07, 6.45) is -0.657. The standard InChI is InChI=1S/C18H15N3O4/c1-9-17(22)21-14-5-3-4-12(16(14)24-9)18(23)20-11-6-7-13-15(8-11)25-10(2)19-13/h3-9H,1-2H3,(H,20,23)(H,21,22). The van der Waals surface area contributed by atoms with Gasteiger partial charge in [-0.1, -0.05) is 6.07 Å². The van der Waals surface area contributed by atoms with Crippen LogP contribution in [0.1, 0.15) is 23.2 Å². The number of benzene rings is 2. The summed E-state index contributed by atoms with van der Waals surface area (Å²) in [6, 6.07) is 10.3. The number of aromatic nitrogens is 1. The minimum absolute atomic E-state index is 0.240. The zero-order valence-corrected chi connectivity index (χ0v) is 13.6. The number of hydrogen-bond acceptors (Lipinski definition) is 5. The lowest BCUT2D eigenvalue weighted by atomic mass is 10.1. The van der Waals surface area contributed by atoms with Gasteiger partial charge in [-0.25, -0.2) is 4.98 Å². The number of amides is 2. The lowest BCUT2D eigenvalue weighted by Gasteiger charge is -2.25. The number of fused-ring (bicyclic) bond motifs is 2. The molecule has 1 aliphatic rings. The number of rotatable bonds is 2. The second-order valence-corrected chi connectivity index (χ2v) is 5.80. The molecule has 126 valence electrons. The highest BCUT2D eigenvalue weighted by Crippen LogP contribution is 2.33. The molecule has 1 unspecified atom stereocenters. The Kier molecular flexibility index (Phi) is 3.42. The highest BCUT2D eigenvalue weighted by molar-refractivity contribution is 6.09. The first-order chi connectivity index (χ1) is 12.0. The van der Waals surface area contributed by atoms with Crippen molar-refractivity contribution in [2.75, 3.05) is 10.6 Å². The van der Waals surface area contributed by atoms with Crippen molar-refractivity contribution in [2.24, 2.45) is 0 Å². The average molecular weight is 337 g/mol. The van der Waals surface area contributed by atoms with E-state index in [1.54, 1.807) is 50.2 Å². The fourth-order valence-corrected chi connectivity index (χ4v) is 2.72. The molecule has 7 heteroatoms. The SMILES string of the molecule is Cc1nc2ccc(NC(=O)c3cccc4c3OC(C)C(=O)N4)cc2o1. The number of oxazole rings is 1. The third-order valence-electron chi connectivity index (χ3n) is 3.93.